The topological polar surface area (TPSA) is 81.7 Å². The number of esters is 1. The van der Waals surface area contributed by atoms with Crippen LogP contribution < -0.4 is 0 Å². The van der Waals surface area contributed by atoms with E-state index in [2.05, 4.69) is 27.4 Å². The van der Waals surface area contributed by atoms with Gasteiger partial charge in [0.15, 0.2) is 0 Å². The molecule has 4 saturated carbocycles. The molecule has 8 nitrogen and oxygen atoms in total. The summed E-state index contributed by atoms with van der Waals surface area (Å²) in [7, 11) is 0. The monoisotopic (exact) mass is 604 g/mol. The van der Waals surface area contributed by atoms with Crippen LogP contribution in [0.25, 0.3) is 0 Å². The Morgan fingerprint density at radius 3 is 1.12 bits per heavy atom. The Balaban J connectivity index is 1.26. The number of hydrogen-bond donors (Lipinski definition) is 0. The van der Waals surface area contributed by atoms with Crippen LogP contribution in [0.2, 0.25) is 0 Å². The van der Waals surface area contributed by atoms with Crippen molar-refractivity contribution in [3.8, 4) is 0 Å². The molecule has 7 aliphatic rings. The first-order chi connectivity index (χ1) is 20.5. The van der Waals surface area contributed by atoms with E-state index < -0.39 is 22.4 Å². The molecule has 7 rings (SSSR count). The fourth-order valence-electron chi connectivity index (χ4n) is 9.32. The van der Waals surface area contributed by atoms with Crippen molar-refractivity contribution in [2.45, 2.75) is 127 Å². The summed E-state index contributed by atoms with van der Waals surface area (Å²) in [6.07, 6.45) is 10.7. The third-order valence-electron chi connectivity index (χ3n) is 12.3. The van der Waals surface area contributed by atoms with Crippen molar-refractivity contribution in [3.63, 3.8) is 0 Å². The van der Waals surface area contributed by atoms with Gasteiger partial charge in [0.2, 0.25) is 0 Å². The maximum absolute atomic E-state index is 13.1. The Morgan fingerprint density at radius 2 is 0.884 bits per heavy atom. The Labute approximate surface area is 258 Å². The van der Waals surface area contributed by atoms with Gasteiger partial charge in [-0.15, -0.1) is 0 Å². The molecule has 3 heterocycles. The van der Waals surface area contributed by atoms with Gasteiger partial charge in [-0.3, -0.25) is 0 Å². The van der Waals surface area contributed by atoms with Gasteiger partial charge in [0.05, 0.1) is 56.4 Å². The third kappa shape index (κ3) is 6.10. The molecular formula is C35H56O8. The highest BCUT2D eigenvalue weighted by atomic mass is 16.6. The van der Waals surface area contributed by atoms with Gasteiger partial charge < -0.3 is 33.2 Å². The number of rotatable bonds is 17. The lowest BCUT2D eigenvalue weighted by Gasteiger charge is -2.68. The number of carbonyl (C=O) groups is 1. The Morgan fingerprint density at radius 1 is 0.581 bits per heavy atom. The molecule has 0 aromatic heterocycles. The van der Waals surface area contributed by atoms with Gasteiger partial charge in [-0.2, -0.15) is 0 Å². The summed E-state index contributed by atoms with van der Waals surface area (Å²) in [5.41, 5.74) is -1.02. The zero-order chi connectivity index (χ0) is 30.5. The largest absolute Gasteiger partial charge is 0.455 e. The smallest absolute Gasteiger partial charge is 0.333 e. The van der Waals surface area contributed by atoms with Crippen LogP contribution in [0.3, 0.4) is 0 Å². The predicted octanol–water partition coefficient (Wildman–Crippen LogP) is 5.94. The van der Waals surface area contributed by atoms with E-state index in [4.69, 9.17) is 33.2 Å². The molecule has 3 aliphatic heterocycles. The number of hydrogen-bond acceptors (Lipinski definition) is 8. The lowest BCUT2D eigenvalue weighted by molar-refractivity contribution is -0.331. The van der Waals surface area contributed by atoms with Crippen LogP contribution in [0, 0.1) is 16.2 Å². The van der Waals surface area contributed by atoms with Crippen LogP contribution in [-0.2, 0) is 38.0 Å². The molecular weight excluding hydrogens is 548 g/mol. The molecule has 0 spiro atoms. The average molecular weight is 605 g/mol. The van der Waals surface area contributed by atoms with Gasteiger partial charge >= 0.3 is 5.97 Å². The molecule has 0 atom stereocenters. The van der Waals surface area contributed by atoms with Crippen molar-refractivity contribution in [1.29, 1.82) is 0 Å². The van der Waals surface area contributed by atoms with Gasteiger partial charge in [0.1, 0.15) is 5.60 Å². The molecule has 4 bridgehead atoms. The normalized spacial score (nSPS) is 37.7. The summed E-state index contributed by atoms with van der Waals surface area (Å²) in [5, 5.41) is 0. The Bertz CT molecular complexity index is 909. The molecule has 43 heavy (non-hydrogen) atoms. The molecule has 4 aliphatic carbocycles. The van der Waals surface area contributed by atoms with Gasteiger partial charge in [0.25, 0.3) is 0 Å². The molecule has 3 saturated heterocycles. The zero-order valence-corrected chi connectivity index (χ0v) is 27.3. The molecule has 0 radical (unpaired) electrons. The molecule has 0 amide bonds. The van der Waals surface area contributed by atoms with Crippen LogP contribution in [0.4, 0.5) is 0 Å². The Hall–Kier alpha value is -1.03. The summed E-state index contributed by atoms with van der Waals surface area (Å²) < 4.78 is 44.3. The summed E-state index contributed by atoms with van der Waals surface area (Å²) >= 11 is 0. The van der Waals surface area contributed by atoms with E-state index in [0.29, 0.717) is 44.7 Å². The van der Waals surface area contributed by atoms with E-state index in [1.807, 2.05) is 0 Å². The average Bonchev–Trinajstić information content (AvgIpc) is 2.87. The minimum absolute atomic E-state index is 0.216. The first-order valence-electron chi connectivity index (χ1n) is 17.0. The minimum Gasteiger partial charge on any atom is -0.455 e. The number of carbonyl (C=O) groups excluding carboxylic acids is 1. The second-order valence-corrected chi connectivity index (χ2v) is 15.8. The SMILES string of the molecule is C=C(C)C(=O)OC12CC3(OCCC4(CC)COC4)CC(OCCC4(CC)COC4)(CC(OCCC4(CC)COC4)(C3)C1)C2. The van der Waals surface area contributed by atoms with Crippen molar-refractivity contribution in [1.82, 2.24) is 0 Å². The minimum atomic E-state index is -0.698. The van der Waals surface area contributed by atoms with Gasteiger partial charge in [-0.25, -0.2) is 4.79 Å². The first-order valence-corrected chi connectivity index (χ1v) is 17.0. The Kier molecular flexibility index (Phi) is 8.65. The molecule has 0 N–H and O–H groups in total. The first kappa shape index (κ1) is 31.9. The van der Waals surface area contributed by atoms with Gasteiger partial charge in [-0.05, 0) is 45.4 Å². The summed E-state index contributed by atoms with van der Waals surface area (Å²) in [4.78, 5) is 13.1. The second-order valence-electron chi connectivity index (χ2n) is 15.8. The zero-order valence-electron chi connectivity index (χ0n) is 27.3. The van der Waals surface area contributed by atoms with Crippen molar-refractivity contribution < 1.29 is 38.0 Å². The van der Waals surface area contributed by atoms with Crippen LogP contribution >= 0.6 is 0 Å². The highest BCUT2D eigenvalue weighted by molar-refractivity contribution is 5.87. The van der Waals surface area contributed by atoms with E-state index >= 15 is 0 Å². The quantitative estimate of drug-likeness (QED) is 0.149. The molecule has 7 fully saturated rings. The molecule has 8 heteroatoms. The van der Waals surface area contributed by atoms with Crippen molar-refractivity contribution in [2.24, 2.45) is 16.2 Å². The summed E-state index contributed by atoms with van der Waals surface area (Å²) in [6.45, 7) is 19.2. The van der Waals surface area contributed by atoms with Crippen LogP contribution in [0.5, 0.6) is 0 Å². The van der Waals surface area contributed by atoms with Crippen LogP contribution in [-0.4, -0.2) is 87.8 Å². The van der Waals surface area contributed by atoms with Crippen molar-refractivity contribution in [2.75, 3.05) is 59.5 Å². The number of ether oxygens (including phenoxy) is 7. The highest BCUT2D eigenvalue weighted by Gasteiger charge is 2.72. The van der Waals surface area contributed by atoms with Gasteiger partial charge in [-0.1, -0.05) is 27.4 Å². The highest BCUT2D eigenvalue weighted by Crippen LogP contribution is 2.66. The van der Waals surface area contributed by atoms with Crippen molar-refractivity contribution in [3.05, 3.63) is 12.2 Å². The molecule has 0 aromatic carbocycles. The van der Waals surface area contributed by atoms with Crippen LogP contribution in [0.15, 0.2) is 12.2 Å². The predicted molar refractivity (Wildman–Crippen MR) is 162 cm³/mol. The standard InChI is InChI=1S/C35H56O8/c1-6-29(21-37-22-29)9-12-40-32-15-33(41-13-10-30(7-2)23-38-24-30)17-34(16-32,42-14-11-31(8-3)25-39-26-31)20-35(18-32,19-33)43-28(36)27(4)5/h4,6-26H2,1-3,5H3. The summed E-state index contributed by atoms with van der Waals surface area (Å²) in [5.74, 6) is -0.327. The van der Waals surface area contributed by atoms with E-state index in [1.54, 1.807) is 6.92 Å². The summed E-state index contributed by atoms with van der Waals surface area (Å²) in [6, 6.07) is 0. The van der Waals surface area contributed by atoms with E-state index in [-0.39, 0.29) is 22.2 Å². The lowest BCUT2D eigenvalue weighted by atomic mass is 9.48. The maximum atomic E-state index is 13.1. The molecule has 0 aromatic rings. The fraction of sp³-hybridized carbons (Fsp3) is 0.914. The van der Waals surface area contributed by atoms with Crippen molar-refractivity contribution >= 4 is 5.97 Å². The molecule has 244 valence electrons. The van der Waals surface area contributed by atoms with Gasteiger partial charge in [0, 0.05) is 80.2 Å². The van der Waals surface area contributed by atoms with E-state index in [0.717, 1.165) is 97.4 Å². The lowest BCUT2D eigenvalue weighted by Crippen LogP contribution is -2.74. The van der Waals surface area contributed by atoms with E-state index in [1.165, 1.54) is 0 Å². The van der Waals surface area contributed by atoms with Crippen LogP contribution in [0.1, 0.15) is 105 Å². The second kappa shape index (κ2) is 11.6. The van der Waals surface area contributed by atoms with E-state index in [9.17, 15) is 4.79 Å². The molecule has 0 unspecified atom stereocenters. The fourth-order valence-corrected chi connectivity index (χ4v) is 9.32. The third-order valence-corrected chi connectivity index (χ3v) is 12.3. The maximum Gasteiger partial charge on any atom is 0.333 e.